The second kappa shape index (κ2) is 3.15. The molecule has 0 bridgehead atoms. The van der Waals surface area contributed by atoms with Crippen LogP contribution in [0, 0.1) is 0 Å². The molecule has 0 amide bonds. The molecule has 1 aromatic rings. The lowest BCUT2D eigenvalue weighted by atomic mass is 10.1. The van der Waals surface area contributed by atoms with Gasteiger partial charge in [-0.05, 0) is 5.56 Å². The van der Waals surface area contributed by atoms with Crippen molar-refractivity contribution in [3.05, 3.63) is 35.9 Å². The largest absolute Gasteiger partial charge is 0.411 e. The van der Waals surface area contributed by atoms with Crippen LogP contribution in [-0.2, 0) is 0 Å². The second-order valence-corrected chi connectivity index (χ2v) is 2.35. The summed E-state index contributed by atoms with van der Waals surface area (Å²) in [6.07, 6.45) is -4.58. The Kier molecular flexibility index (Phi) is 2.38. The van der Waals surface area contributed by atoms with Crippen molar-refractivity contribution in [2.75, 3.05) is 0 Å². The minimum Gasteiger partial charge on any atom is -0.169 e. The van der Waals surface area contributed by atoms with E-state index in [4.69, 9.17) is 5.73 Å². The van der Waals surface area contributed by atoms with Crippen molar-refractivity contribution >= 4 is 0 Å². The van der Waals surface area contributed by atoms with Crippen LogP contribution in [0.2, 0.25) is 0 Å². The van der Waals surface area contributed by atoms with E-state index in [0.717, 1.165) is 0 Å². The van der Waals surface area contributed by atoms with E-state index in [1.54, 1.807) is 6.07 Å². The van der Waals surface area contributed by atoms with Crippen LogP contribution in [0.1, 0.15) is 11.6 Å². The third-order valence-electron chi connectivity index (χ3n) is 1.43. The third-order valence-corrected chi connectivity index (χ3v) is 1.43. The molecule has 0 heterocycles. The molecule has 0 aliphatic carbocycles. The quantitative estimate of drug-likeness (QED) is 0.622. The number of hydrogen-bond acceptors (Lipinski definition) is 0. The number of halogens is 3. The van der Waals surface area contributed by atoms with Gasteiger partial charge < -0.3 is 0 Å². The highest BCUT2D eigenvalue weighted by Crippen LogP contribution is 2.31. The molecule has 1 unspecified atom stereocenters. The standard InChI is InChI=1S/C8H6F3N/c9-8(10,11)7(12)6-4-2-1-3-5-6/h1-5,7H. The van der Waals surface area contributed by atoms with E-state index < -0.39 is 12.2 Å². The Labute approximate surface area is 68.0 Å². The summed E-state index contributed by atoms with van der Waals surface area (Å²) in [4.78, 5) is 0. The molecule has 0 saturated heterocycles. The van der Waals surface area contributed by atoms with Crippen LogP contribution < -0.4 is 5.73 Å². The Morgan fingerprint density at radius 3 is 2.00 bits per heavy atom. The van der Waals surface area contributed by atoms with E-state index in [1.165, 1.54) is 24.3 Å². The second-order valence-electron chi connectivity index (χ2n) is 2.35. The zero-order chi connectivity index (χ0) is 9.19. The summed E-state index contributed by atoms with van der Waals surface area (Å²) in [6, 6.07) is 4.58. The summed E-state index contributed by atoms with van der Waals surface area (Å²) in [7, 11) is 0. The lowest BCUT2D eigenvalue weighted by Crippen LogP contribution is -2.21. The molecule has 12 heavy (non-hydrogen) atoms. The number of nitrogens with zero attached hydrogens (tertiary/aromatic N) is 1. The molecule has 1 aromatic carbocycles. The Morgan fingerprint density at radius 1 is 1.08 bits per heavy atom. The maximum absolute atomic E-state index is 11.9. The first kappa shape index (κ1) is 9.06. The topological polar surface area (TPSA) is 22.3 Å². The van der Waals surface area contributed by atoms with Crippen molar-refractivity contribution in [2.45, 2.75) is 12.2 Å². The highest BCUT2D eigenvalue weighted by molar-refractivity contribution is 5.19. The van der Waals surface area contributed by atoms with Gasteiger partial charge in [0.15, 0.2) is 6.04 Å². The molecule has 1 rings (SSSR count). The van der Waals surface area contributed by atoms with Gasteiger partial charge in [0.1, 0.15) is 0 Å². The van der Waals surface area contributed by atoms with Gasteiger partial charge in [-0.1, -0.05) is 30.3 Å². The summed E-state index contributed by atoms with van der Waals surface area (Å²) in [5.41, 5.74) is 8.60. The van der Waals surface area contributed by atoms with E-state index in [-0.39, 0.29) is 5.56 Å². The summed E-state index contributed by atoms with van der Waals surface area (Å²) in [6.45, 7) is 0. The van der Waals surface area contributed by atoms with Crippen molar-refractivity contribution in [3.63, 3.8) is 0 Å². The zero-order valence-corrected chi connectivity index (χ0v) is 6.05. The van der Waals surface area contributed by atoms with Crippen molar-refractivity contribution in [1.29, 1.82) is 0 Å². The van der Waals surface area contributed by atoms with Crippen LogP contribution in [-0.4, -0.2) is 6.18 Å². The lowest BCUT2D eigenvalue weighted by molar-refractivity contribution is -0.151. The molecule has 0 aromatic heterocycles. The van der Waals surface area contributed by atoms with E-state index in [2.05, 4.69) is 0 Å². The molecule has 0 N–H and O–H groups in total. The number of alkyl halides is 3. The van der Waals surface area contributed by atoms with Crippen LogP contribution >= 0.6 is 0 Å². The highest BCUT2D eigenvalue weighted by atomic mass is 19.4. The normalized spacial score (nSPS) is 14.3. The average molecular weight is 173 g/mol. The van der Waals surface area contributed by atoms with Gasteiger partial charge in [0.2, 0.25) is 0 Å². The number of rotatable bonds is 1. The van der Waals surface area contributed by atoms with Gasteiger partial charge in [-0.25, -0.2) is 0 Å². The zero-order valence-electron chi connectivity index (χ0n) is 6.05. The van der Waals surface area contributed by atoms with Gasteiger partial charge in [-0.2, -0.15) is 13.2 Å². The summed E-state index contributed by atoms with van der Waals surface area (Å²) < 4.78 is 35.7. The van der Waals surface area contributed by atoms with Crippen molar-refractivity contribution < 1.29 is 13.2 Å². The maximum Gasteiger partial charge on any atom is 0.411 e. The van der Waals surface area contributed by atoms with Gasteiger partial charge in [0.05, 0.1) is 0 Å². The Morgan fingerprint density at radius 2 is 1.58 bits per heavy atom. The summed E-state index contributed by atoms with van der Waals surface area (Å²) in [5.74, 6) is 0. The van der Waals surface area contributed by atoms with Crippen molar-refractivity contribution in [2.24, 2.45) is 0 Å². The predicted octanol–water partition coefficient (Wildman–Crippen LogP) is 2.36. The van der Waals surface area contributed by atoms with Crippen LogP contribution in [0.5, 0.6) is 0 Å². The fourth-order valence-corrected chi connectivity index (χ4v) is 0.824. The maximum atomic E-state index is 11.9. The van der Waals surface area contributed by atoms with Gasteiger partial charge in [0.25, 0.3) is 0 Å². The Balaban J connectivity index is 2.86. The Hall–Kier alpha value is -1.03. The lowest BCUT2D eigenvalue weighted by Gasteiger charge is -2.12. The molecular weight excluding hydrogens is 167 g/mol. The van der Waals surface area contributed by atoms with E-state index in [1.807, 2.05) is 0 Å². The van der Waals surface area contributed by atoms with E-state index >= 15 is 0 Å². The predicted molar refractivity (Wildman–Crippen MR) is 37.4 cm³/mol. The molecule has 1 nitrogen and oxygen atoms in total. The van der Waals surface area contributed by atoms with Gasteiger partial charge in [-0.3, -0.25) is 0 Å². The van der Waals surface area contributed by atoms with Crippen LogP contribution in [0.4, 0.5) is 13.2 Å². The average Bonchev–Trinajstić information content (AvgIpc) is 2.03. The van der Waals surface area contributed by atoms with Crippen molar-refractivity contribution in [1.82, 2.24) is 5.73 Å². The monoisotopic (exact) mass is 173 g/mol. The summed E-state index contributed by atoms with van der Waals surface area (Å²) in [5, 5.41) is 0. The third kappa shape index (κ3) is 1.98. The van der Waals surface area contributed by atoms with Crippen LogP contribution in [0.25, 0.3) is 0 Å². The van der Waals surface area contributed by atoms with Gasteiger partial charge in [-0.15, -0.1) is 5.73 Å². The molecule has 0 saturated carbocycles. The molecule has 4 heteroatoms. The highest BCUT2D eigenvalue weighted by Gasteiger charge is 2.39. The van der Waals surface area contributed by atoms with Gasteiger partial charge >= 0.3 is 6.18 Å². The first-order valence-corrected chi connectivity index (χ1v) is 3.31. The van der Waals surface area contributed by atoms with E-state index in [9.17, 15) is 13.2 Å². The van der Waals surface area contributed by atoms with E-state index in [0.29, 0.717) is 0 Å². The summed E-state index contributed by atoms with van der Waals surface area (Å²) >= 11 is 0. The van der Waals surface area contributed by atoms with Crippen molar-refractivity contribution in [3.8, 4) is 0 Å². The molecule has 0 fully saturated rings. The SMILES string of the molecule is [N]C(c1ccccc1)C(F)(F)F. The molecule has 2 radical (unpaired) electrons. The minimum atomic E-state index is -4.58. The fraction of sp³-hybridized carbons (Fsp3) is 0.250. The first-order valence-electron chi connectivity index (χ1n) is 3.31. The first-order chi connectivity index (χ1) is 5.52. The smallest absolute Gasteiger partial charge is 0.169 e. The van der Waals surface area contributed by atoms with Crippen LogP contribution in [0.15, 0.2) is 30.3 Å². The Bertz CT molecular complexity index is 242. The van der Waals surface area contributed by atoms with Crippen LogP contribution in [0.3, 0.4) is 0 Å². The number of benzene rings is 1. The molecule has 0 aliphatic rings. The molecule has 0 aliphatic heterocycles. The molecule has 0 spiro atoms. The minimum absolute atomic E-state index is 0.134. The molecular formula is C8H6F3N. The number of hydrogen-bond donors (Lipinski definition) is 0. The fourth-order valence-electron chi connectivity index (χ4n) is 0.824. The van der Waals surface area contributed by atoms with Gasteiger partial charge in [0, 0.05) is 0 Å². The molecule has 1 atom stereocenters. The molecule has 64 valence electrons.